The molecule has 1 unspecified atom stereocenters. The summed E-state index contributed by atoms with van der Waals surface area (Å²) in [5, 5.41) is 4.11. The molecule has 0 spiro atoms. The van der Waals surface area contributed by atoms with E-state index in [1.807, 2.05) is 32.4 Å². The van der Waals surface area contributed by atoms with Crippen molar-refractivity contribution in [1.29, 1.82) is 0 Å². The fourth-order valence-corrected chi connectivity index (χ4v) is 3.01. The highest BCUT2D eigenvalue weighted by molar-refractivity contribution is 6.30. The topological polar surface area (TPSA) is 34.4 Å². The van der Waals surface area contributed by atoms with Crippen LogP contribution in [0.2, 0.25) is 5.02 Å². The lowest BCUT2D eigenvalue weighted by molar-refractivity contribution is 0.352. The van der Waals surface area contributed by atoms with E-state index in [1.165, 1.54) is 5.56 Å². The largest absolute Gasteiger partial charge is 0.493 e. The van der Waals surface area contributed by atoms with Crippen molar-refractivity contribution >= 4 is 11.6 Å². The zero-order valence-electron chi connectivity index (χ0n) is 11.7. The number of benzene rings is 1. The number of aryl methyl sites for hydroxylation is 1. The molecule has 106 valence electrons. The molecule has 1 N–H and O–H groups in total. The van der Waals surface area contributed by atoms with Crippen molar-refractivity contribution in [3.05, 3.63) is 51.9 Å². The number of furan rings is 1. The Labute approximate surface area is 123 Å². The Morgan fingerprint density at radius 1 is 1.35 bits per heavy atom. The number of hydrogen-bond donors (Lipinski definition) is 1. The maximum atomic E-state index is 6.21. The van der Waals surface area contributed by atoms with Gasteiger partial charge in [0.1, 0.15) is 11.5 Å². The summed E-state index contributed by atoms with van der Waals surface area (Å²) in [4.78, 5) is 0. The smallest absolute Gasteiger partial charge is 0.125 e. The Morgan fingerprint density at radius 2 is 2.20 bits per heavy atom. The third kappa shape index (κ3) is 2.56. The van der Waals surface area contributed by atoms with Crippen molar-refractivity contribution < 1.29 is 9.15 Å². The van der Waals surface area contributed by atoms with E-state index in [2.05, 4.69) is 11.4 Å². The molecule has 20 heavy (non-hydrogen) atoms. The van der Waals surface area contributed by atoms with Gasteiger partial charge < -0.3 is 14.5 Å². The summed E-state index contributed by atoms with van der Waals surface area (Å²) in [6, 6.07) is 6.26. The minimum absolute atomic E-state index is 0.194. The molecule has 3 rings (SSSR count). The second-order valence-corrected chi connectivity index (χ2v) is 5.62. The number of nitrogens with one attached hydrogen (secondary N) is 1. The zero-order valence-corrected chi connectivity index (χ0v) is 12.5. The summed E-state index contributed by atoms with van der Waals surface area (Å²) >= 11 is 6.21. The van der Waals surface area contributed by atoms with Crippen LogP contribution in [0.1, 0.15) is 28.5 Å². The van der Waals surface area contributed by atoms with Gasteiger partial charge in [0.05, 0.1) is 12.9 Å². The van der Waals surface area contributed by atoms with Gasteiger partial charge in [0.2, 0.25) is 0 Å². The molecular weight excluding hydrogens is 274 g/mol. The van der Waals surface area contributed by atoms with Gasteiger partial charge in [-0.1, -0.05) is 11.6 Å². The van der Waals surface area contributed by atoms with Gasteiger partial charge in [-0.15, -0.1) is 0 Å². The number of likely N-dealkylation sites (N-methyl/N-ethyl adjacent to an activating group) is 1. The van der Waals surface area contributed by atoms with Crippen molar-refractivity contribution in [3.8, 4) is 5.75 Å². The number of hydrogen-bond acceptors (Lipinski definition) is 3. The van der Waals surface area contributed by atoms with Crippen LogP contribution in [0.3, 0.4) is 0 Å². The van der Waals surface area contributed by atoms with E-state index in [9.17, 15) is 0 Å². The number of fused-ring (bicyclic) bond motifs is 1. The van der Waals surface area contributed by atoms with Crippen LogP contribution in [0.5, 0.6) is 5.75 Å². The Morgan fingerprint density at radius 3 is 2.90 bits per heavy atom. The molecule has 0 saturated carbocycles. The monoisotopic (exact) mass is 291 g/mol. The molecule has 0 amide bonds. The molecule has 3 nitrogen and oxygen atoms in total. The molecule has 2 aromatic rings. The highest BCUT2D eigenvalue weighted by atomic mass is 35.5. The lowest BCUT2D eigenvalue weighted by Crippen LogP contribution is -2.18. The molecule has 2 heterocycles. The minimum atomic E-state index is 0.194. The molecule has 0 radical (unpaired) electrons. The van der Waals surface area contributed by atoms with Crippen LogP contribution < -0.4 is 10.1 Å². The molecule has 1 aromatic heterocycles. The molecule has 0 saturated heterocycles. The van der Waals surface area contributed by atoms with Gasteiger partial charge in [-0.05, 0) is 49.7 Å². The zero-order chi connectivity index (χ0) is 14.1. The summed E-state index contributed by atoms with van der Waals surface area (Å²) in [7, 11) is 1.96. The predicted octanol–water partition coefficient (Wildman–Crippen LogP) is 3.68. The standard InChI is InChI=1S/C16H18ClNO2/c1-10-5-13(9-20-10)15(18-2)8-12-7-14(17)6-11-3-4-19-16(11)12/h5-7,9,15,18H,3-4,8H2,1-2H3. The molecule has 1 atom stereocenters. The lowest BCUT2D eigenvalue weighted by Gasteiger charge is -2.16. The quantitative estimate of drug-likeness (QED) is 0.933. The van der Waals surface area contributed by atoms with Crippen molar-refractivity contribution in [1.82, 2.24) is 5.32 Å². The summed E-state index contributed by atoms with van der Waals surface area (Å²) in [6.45, 7) is 2.70. The summed E-state index contributed by atoms with van der Waals surface area (Å²) < 4.78 is 11.2. The Kier molecular flexibility index (Phi) is 3.72. The SMILES string of the molecule is CNC(Cc1cc(Cl)cc2c1OCC2)c1coc(C)c1. The fraction of sp³-hybridized carbons (Fsp3) is 0.375. The van der Waals surface area contributed by atoms with Crippen LogP contribution in [0, 0.1) is 6.92 Å². The first kappa shape index (κ1) is 13.5. The van der Waals surface area contributed by atoms with Gasteiger partial charge in [-0.25, -0.2) is 0 Å². The van der Waals surface area contributed by atoms with Crippen LogP contribution in [0.25, 0.3) is 0 Å². The molecule has 1 aliphatic heterocycles. The predicted molar refractivity (Wildman–Crippen MR) is 79.6 cm³/mol. The Hall–Kier alpha value is -1.45. The Balaban J connectivity index is 1.90. The maximum Gasteiger partial charge on any atom is 0.125 e. The van der Waals surface area contributed by atoms with Crippen LogP contribution >= 0.6 is 11.6 Å². The van der Waals surface area contributed by atoms with Crippen molar-refractivity contribution in [2.45, 2.75) is 25.8 Å². The normalized spacial score (nSPS) is 14.9. The first-order valence-corrected chi connectivity index (χ1v) is 7.21. The molecule has 4 heteroatoms. The fourth-order valence-electron chi connectivity index (χ4n) is 2.75. The van der Waals surface area contributed by atoms with E-state index >= 15 is 0 Å². The van der Waals surface area contributed by atoms with Crippen molar-refractivity contribution in [3.63, 3.8) is 0 Å². The van der Waals surface area contributed by atoms with Crippen LogP contribution in [0.4, 0.5) is 0 Å². The van der Waals surface area contributed by atoms with Crippen molar-refractivity contribution in [2.24, 2.45) is 0 Å². The van der Waals surface area contributed by atoms with Gasteiger partial charge in [0.15, 0.2) is 0 Å². The van der Waals surface area contributed by atoms with Gasteiger partial charge >= 0.3 is 0 Å². The first-order valence-electron chi connectivity index (χ1n) is 6.84. The highest BCUT2D eigenvalue weighted by Gasteiger charge is 2.21. The first-order chi connectivity index (χ1) is 9.67. The summed E-state index contributed by atoms with van der Waals surface area (Å²) in [5.74, 6) is 1.93. The summed E-state index contributed by atoms with van der Waals surface area (Å²) in [6.07, 6.45) is 3.58. The molecule has 0 fully saturated rings. The molecule has 0 bridgehead atoms. The highest BCUT2D eigenvalue weighted by Crippen LogP contribution is 2.35. The number of ether oxygens (including phenoxy) is 1. The van der Waals surface area contributed by atoms with E-state index in [-0.39, 0.29) is 6.04 Å². The van der Waals surface area contributed by atoms with Crippen LogP contribution in [-0.2, 0) is 12.8 Å². The van der Waals surface area contributed by atoms with Gasteiger partial charge in [0.25, 0.3) is 0 Å². The average Bonchev–Trinajstić information content (AvgIpc) is 3.04. The summed E-state index contributed by atoms with van der Waals surface area (Å²) in [5.41, 5.74) is 3.52. The van der Waals surface area contributed by atoms with E-state index in [0.717, 1.165) is 47.1 Å². The third-order valence-corrected chi connectivity index (χ3v) is 3.97. The van der Waals surface area contributed by atoms with Crippen LogP contribution in [-0.4, -0.2) is 13.7 Å². The van der Waals surface area contributed by atoms with Gasteiger partial charge in [-0.3, -0.25) is 0 Å². The molecule has 1 aliphatic rings. The second-order valence-electron chi connectivity index (χ2n) is 5.19. The molecule has 0 aliphatic carbocycles. The minimum Gasteiger partial charge on any atom is -0.493 e. The van der Waals surface area contributed by atoms with Crippen molar-refractivity contribution in [2.75, 3.05) is 13.7 Å². The Bertz CT molecular complexity index is 621. The van der Waals surface area contributed by atoms with E-state index in [1.54, 1.807) is 0 Å². The number of rotatable bonds is 4. The van der Waals surface area contributed by atoms with Crippen LogP contribution in [0.15, 0.2) is 28.9 Å². The average molecular weight is 292 g/mol. The molecule has 1 aromatic carbocycles. The number of halogens is 1. The van der Waals surface area contributed by atoms with E-state index < -0.39 is 0 Å². The lowest BCUT2D eigenvalue weighted by atomic mass is 9.98. The maximum absolute atomic E-state index is 6.21. The van der Waals surface area contributed by atoms with E-state index in [4.69, 9.17) is 20.8 Å². The van der Waals surface area contributed by atoms with E-state index in [0.29, 0.717) is 0 Å². The third-order valence-electron chi connectivity index (χ3n) is 3.75. The van der Waals surface area contributed by atoms with Gasteiger partial charge in [-0.2, -0.15) is 0 Å². The van der Waals surface area contributed by atoms with Gasteiger partial charge in [0, 0.05) is 23.0 Å². The molecular formula is C16H18ClNO2. The second kappa shape index (κ2) is 5.51.